The summed E-state index contributed by atoms with van der Waals surface area (Å²) in [6.07, 6.45) is 12.8. The van der Waals surface area contributed by atoms with E-state index >= 15 is 0 Å². The summed E-state index contributed by atoms with van der Waals surface area (Å²) in [5.41, 5.74) is 13.7. The number of piperazine rings is 1. The zero-order valence-electron chi connectivity index (χ0n) is 29.6. The molecule has 0 amide bonds. The summed E-state index contributed by atoms with van der Waals surface area (Å²) in [5, 5.41) is 0. The molecule has 0 radical (unpaired) electrons. The fraction of sp³-hybridized carbons (Fsp3) is 0.463. The molecule has 236 valence electrons. The third kappa shape index (κ3) is 12.4. The van der Waals surface area contributed by atoms with Crippen LogP contribution in [0, 0.1) is 40.5 Å². The molecule has 0 unspecified atom stereocenters. The van der Waals surface area contributed by atoms with E-state index in [0.29, 0.717) is 0 Å². The minimum absolute atomic E-state index is 1.03. The zero-order chi connectivity index (χ0) is 32.9. The molecule has 2 nitrogen and oxygen atoms in total. The highest BCUT2D eigenvalue weighted by Gasteiger charge is 2.19. The summed E-state index contributed by atoms with van der Waals surface area (Å²) < 4.78 is 0. The Morgan fingerprint density at radius 1 is 0.651 bits per heavy atom. The van der Waals surface area contributed by atoms with Crippen LogP contribution in [0.2, 0.25) is 0 Å². The van der Waals surface area contributed by atoms with Gasteiger partial charge in [0, 0.05) is 37.6 Å². The Kier molecular flexibility index (Phi) is 20.4. The topological polar surface area (TPSA) is 6.48 Å². The number of anilines is 1. The number of benzene rings is 3. The molecule has 4 rings (SSSR count). The average Bonchev–Trinajstić information content (AvgIpc) is 3.06. The van der Waals surface area contributed by atoms with Crippen LogP contribution in [0.1, 0.15) is 99.4 Å². The number of rotatable bonds is 7. The summed E-state index contributed by atoms with van der Waals surface area (Å²) in [5.74, 6) is 0. The van der Waals surface area contributed by atoms with Crippen molar-refractivity contribution in [3.05, 3.63) is 106 Å². The van der Waals surface area contributed by atoms with Gasteiger partial charge in [-0.1, -0.05) is 97.9 Å². The van der Waals surface area contributed by atoms with Gasteiger partial charge in [0.15, 0.2) is 0 Å². The van der Waals surface area contributed by atoms with Gasteiger partial charge in [0.05, 0.1) is 0 Å². The molecular formula is C41H62N2. The van der Waals surface area contributed by atoms with Gasteiger partial charge in [-0.2, -0.15) is 0 Å². The van der Waals surface area contributed by atoms with Crippen LogP contribution in [-0.4, -0.2) is 31.1 Å². The maximum absolute atomic E-state index is 4.35. The molecule has 2 heteroatoms. The highest BCUT2D eigenvalue weighted by Crippen LogP contribution is 2.25. The molecule has 0 saturated carbocycles. The summed E-state index contributed by atoms with van der Waals surface area (Å²) in [7, 11) is 0. The second-order valence-electron chi connectivity index (χ2n) is 10.5. The van der Waals surface area contributed by atoms with E-state index in [9.17, 15) is 0 Å². The van der Waals surface area contributed by atoms with Gasteiger partial charge in [-0.15, -0.1) is 12.8 Å². The van der Waals surface area contributed by atoms with E-state index in [2.05, 4.69) is 132 Å². The molecule has 1 fully saturated rings. The Labute approximate surface area is 267 Å². The lowest BCUT2D eigenvalue weighted by Crippen LogP contribution is -2.45. The molecule has 1 aliphatic heterocycles. The van der Waals surface area contributed by atoms with Crippen LogP contribution in [0.4, 0.5) is 5.69 Å². The summed E-state index contributed by atoms with van der Waals surface area (Å²) >= 11 is 0. The predicted molar refractivity (Wildman–Crippen MR) is 196 cm³/mol. The summed E-state index contributed by atoms with van der Waals surface area (Å²) in [4.78, 5) is 4.90. The fourth-order valence-electron chi connectivity index (χ4n) is 5.06. The molecule has 1 saturated heterocycles. The first-order valence-corrected chi connectivity index (χ1v) is 16.5. The van der Waals surface area contributed by atoms with Crippen molar-refractivity contribution in [2.24, 2.45) is 0 Å². The van der Waals surface area contributed by atoms with Gasteiger partial charge in [0.25, 0.3) is 0 Å². The fourth-order valence-corrected chi connectivity index (χ4v) is 5.06. The minimum atomic E-state index is 1.03. The molecule has 0 aromatic heterocycles. The lowest BCUT2D eigenvalue weighted by atomic mass is 9.98. The van der Waals surface area contributed by atoms with E-state index in [1.54, 1.807) is 0 Å². The largest absolute Gasteiger partial charge is 0.368 e. The quantitative estimate of drug-likeness (QED) is 0.256. The van der Waals surface area contributed by atoms with E-state index in [-0.39, 0.29) is 0 Å². The van der Waals surface area contributed by atoms with Gasteiger partial charge in [0.2, 0.25) is 0 Å². The van der Waals surface area contributed by atoms with Gasteiger partial charge in [-0.05, 0) is 110 Å². The third-order valence-electron chi connectivity index (χ3n) is 7.93. The number of aryl methyl sites for hydroxylation is 7. The van der Waals surface area contributed by atoms with Crippen molar-refractivity contribution in [3.8, 4) is 12.8 Å². The Balaban J connectivity index is 0.000000787. The smallest absolute Gasteiger partial charge is 0.0370 e. The van der Waals surface area contributed by atoms with Crippen molar-refractivity contribution in [3.63, 3.8) is 0 Å². The molecular weight excluding hydrogens is 520 g/mol. The van der Waals surface area contributed by atoms with Crippen LogP contribution in [0.15, 0.2) is 61.2 Å². The monoisotopic (exact) mass is 582 g/mol. The zero-order valence-corrected chi connectivity index (χ0v) is 29.6. The third-order valence-corrected chi connectivity index (χ3v) is 7.93. The summed E-state index contributed by atoms with van der Waals surface area (Å²) in [6, 6.07) is 20.4. The molecule has 1 aliphatic rings. The Hall–Kier alpha value is -3.44. The standard InChI is InChI=1S/C22H28N2.C13H20.2C2H6.C2H2/c1-16-6-8-21(14-18(16)3)20(5)23-10-12-24(13-11-23)22-9-7-17(2)19(4)15-22;1-4-7-11-8-9-12(5-2)13(6-3)10-11;3*1-2/h6-9,14-15H,5,10-13H2,1-4H3;8-10H,4-7H2,1-3H3;2*1-2H3;1-2H. The second-order valence-corrected chi connectivity index (χ2v) is 10.5. The van der Waals surface area contributed by atoms with E-state index in [4.69, 9.17) is 0 Å². The van der Waals surface area contributed by atoms with Crippen LogP contribution in [0.5, 0.6) is 0 Å². The SMILES string of the molecule is C#C.C=C(c1ccc(C)c(C)c1)N1CCN(c2ccc(C)c(C)c2)CC1.CC.CC.CCCc1ccc(CC)c(CC)c1. The van der Waals surface area contributed by atoms with Crippen LogP contribution in [0.3, 0.4) is 0 Å². The number of hydrogen-bond acceptors (Lipinski definition) is 2. The Morgan fingerprint density at radius 3 is 1.67 bits per heavy atom. The molecule has 0 N–H and O–H groups in total. The van der Waals surface area contributed by atoms with E-state index in [1.165, 1.54) is 69.5 Å². The molecule has 0 spiro atoms. The van der Waals surface area contributed by atoms with Crippen molar-refractivity contribution in [1.29, 1.82) is 0 Å². The van der Waals surface area contributed by atoms with Crippen molar-refractivity contribution >= 4 is 11.4 Å². The predicted octanol–water partition coefficient (Wildman–Crippen LogP) is 10.8. The van der Waals surface area contributed by atoms with Crippen LogP contribution >= 0.6 is 0 Å². The summed E-state index contributed by atoms with van der Waals surface area (Å²) in [6.45, 7) is 31.9. The highest BCUT2D eigenvalue weighted by atomic mass is 15.3. The van der Waals surface area contributed by atoms with Crippen molar-refractivity contribution in [1.82, 2.24) is 4.90 Å². The van der Waals surface area contributed by atoms with Gasteiger partial charge in [-0.3, -0.25) is 0 Å². The Bertz CT molecular complexity index is 1230. The van der Waals surface area contributed by atoms with Crippen LogP contribution < -0.4 is 4.90 Å². The van der Waals surface area contributed by atoms with E-state index in [0.717, 1.165) is 38.3 Å². The van der Waals surface area contributed by atoms with Crippen LogP contribution in [0.25, 0.3) is 5.70 Å². The first-order valence-electron chi connectivity index (χ1n) is 16.5. The maximum Gasteiger partial charge on any atom is 0.0370 e. The molecule has 43 heavy (non-hydrogen) atoms. The first-order chi connectivity index (χ1) is 20.8. The van der Waals surface area contributed by atoms with Gasteiger partial charge < -0.3 is 9.80 Å². The molecule has 0 bridgehead atoms. The second kappa shape index (κ2) is 22.1. The minimum Gasteiger partial charge on any atom is -0.368 e. The number of nitrogens with zero attached hydrogens (tertiary/aromatic N) is 2. The lowest BCUT2D eigenvalue weighted by Gasteiger charge is -2.38. The Morgan fingerprint density at radius 2 is 1.19 bits per heavy atom. The molecule has 0 atom stereocenters. The first kappa shape index (κ1) is 39.6. The number of hydrogen-bond donors (Lipinski definition) is 0. The van der Waals surface area contributed by atoms with Gasteiger partial charge >= 0.3 is 0 Å². The van der Waals surface area contributed by atoms with Crippen molar-refractivity contribution < 1.29 is 0 Å². The van der Waals surface area contributed by atoms with Gasteiger partial charge in [-0.25, -0.2) is 0 Å². The number of terminal acetylenes is 1. The van der Waals surface area contributed by atoms with Gasteiger partial charge in [0.1, 0.15) is 0 Å². The van der Waals surface area contributed by atoms with E-state index < -0.39 is 0 Å². The highest BCUT2D eigenvalue weighted by molar-refractivity contribution is 5.63. The molecule has 1 heterocycles. The van der Waals surface area contributed by atoms with Crippen molar-refractivity contribution in [2.75, 3.05) is 31.1 Å². The molecule has 3 aromatic carbocycles. The average molecular weight is 583 g/mol. The van der Waals surface area contributed by atoms with Crippen LogP contribution in [-0.2, 0) is 19.3 Å². The molecule has 0 aliphatic carbocycles. The maximum atomic E-state index is 4.35. The van der Waals surface area contributed by atoms with Crippen molar-refractivity contribution in [2.45, 2.75) is 102 Å². The normalized spacial score (nSPS) is 11.7. The lowest BCUT2D eigenvalue weighted by molar-refractivity contribution is 0.368. The molecule has 3 aromatic rings. The van der Waals surface area contributed by atoms with E-state index in [1.807, 2.05) is 27.7 Å².